The summed E-state index contributed by atoms with van der Waals surface area (Å²) in [6, 6.07) is 10.2. The zero-order chi connectivity index (χ0) is 10.7. The fourth-order valence-corrected chi connectivity index (χ4v) is 1.68. The topological polar surface area (TPSA) is 13.1 Å². The maximum absolute atomic E-state index is 5.19. The molecule has 1 aromatic carbocycles. The number of rotatable bonds is 3. The number of aromatic nitrogens is 1. The minimum Gasteiger partial charge on any atom is -0.497 e. The number of nitrogens with zero attached hydrogens (tertiary/aromatic N) is 1. The second-order valence-corrected chi connectivity index (χ2v) is 3.37. The average molecular weight is 200 g/mol. The molecule has 0 unspecified atom stereocenters. The molecule has 1 heterocycles. The van der Waals surface area contributed by atoms with Crippen molar-refractivity contribution in [2.75, 3.05) is 7.11 Å². The van der Waals surface area contributed by atoms with Crippen LogP contribution in [0.15, 0.2) is 49.2 Å². The number of fused-ring (bicyclic) bond motifs is 1. The van der Waals surface area contributed by atoms with E-state index in [1.807, 2.05) is 24.3 Å². The molecule has 0 amide bonds. The molecule has 2 aromatic rings. The smallest absolute Gasteiger partial charge is 0.213 e. The van der Waals surface area contributed by atoms with Crippen LogP contribution >= 0.6 is 0 Å². The molecule has 0 aliphatic rings. The van der Waals surface area contributed by atoms with Crippen molar-refractivity contribution in [1.82, 2.24) is 0 Å². The Kier molecular flexibility index (Phi) is 2.68. The molecular weight excluding hydrogens is 186 g/mol. The Morgan fingerprint density at radius 1 is 1.40 bits per heavy atom. The molecule has 0 aliphatic heterocycles. The van der Waals surface area contributed by atoms with Crippen molar-refractivity contribution >= 4 is 10.9 Å². The number of hydrogen-bond donors (Lipinski definition) is 0. The highest BCUT2D eigenvalue weighted by atomic mass is 16.5. The first-order valence-electron chi connectivity index (χ1n) is 4.92. The molecule has 0 atom stereocenters. The second-order valence-electron chi connectivity index (χ2n) is 3.37. The van der Waals surface area contributed by atoms with Crippen molar-refractivity contribution in [1.29, 1.82) is 0 Å². The molecule has 0 N–H and O–H groups in total. The van der Waals surface area contributed by atoms with Crippen LogP contribution in [0.3, 0.4) is 0 Å². The van der Waals surface area contributed by atoms with Gasteiger partial charge in [0.15, 0.2) is 12.7 Å². The van der Waals surface area contributed by atoms with E-state index in [0.717, 1.165) is 12.3 Å². The largest absolute Gasteiger partial charge is 0.497 e. The van der Waals surface area contributed by atoms with Gasteiger partial charge in [-0.05, 0) is 24.3 Å². The van der Waals surface area contributed by atoms with Crippen LogP contribution in [0.4, 0.5) is 0 Å². The predicted molar refractivity (Wildman–Crippen MR) is 60.9 cm³/mol. The Labute approximate surface area is 89.4 Å². The Morgan fingerprint density at radius 2 is 2.27 bits per heavy atom. The summed E-state index contributed by atoms with van der Waals surface area (Å²) in [4.78, 5) is 0. The van der Waals surface area contributed by atoms with Crippen LogP contribution in [0.5, 0.6) is 5.75 Å². The normalized spacial score (nSPS) is 10.2. The van der Waals surface area contributed by atoms with Gasteiger partial charge in [0.25, 0.3) is 0 Å². The summed E-state index contributed by atoms with van der Waals surface area (Å²) >= 11 is 0. The molecule has 0 aliphatic carbocycles. The molecule has 0 fully saturated rings. The third-order valence-corrected chi connectivity index (χ3v) is 2.41. The molecule has 76 valence electrons. The van der Waals surface area contributed by atoms with Crippen LogP contribution in [-0.2, 0) is 6.54 Å². The summed E-state index contributed by atoms with van der Waals surface area (Å²) in [5, 5.41) is 1.18. The maximum Gasteiger partial charge on any atom is 0.213 e. The molecule has 0 saturated heterocycles. The Hall–Kier alpha value is -1.83. The highest BCUT2D eigenvalue weighted by molar-refractivity contribution is 5.77. The van der Waals surface area contributed by atoms with Gasteiger partial charge in [0.2, 0.25) is 5.52 Å². The van der Waals surface area contributed by atoms with Crippen LogP contribution in [0.1, 0.15) is 0 Å². The fourth-order valence-electron chi connectivity index (χ4n) is 1.68. The van der Waals surface area contributed by atoms with E-state index < -0.39 is 0 Å². The van der Waals surface area contributed by atoms with Crippen molar-refractivity contribution < 1.29 is 9.30 Å². The first kappa shape index (κ1) is 9.71. The summed E-state index contributed by atoms with van der Waals surface area (Å²) in [5.74, 6) is 0.888. The van der Waals surface area contributed by atoms with Crippen LogP contribution in [0.2, 0.25) is 0 Å². The quantitative estimate of drug-likeness (QED) is 0.547. The molecule has 0 radical (unpaired) electrons. The number of allylic oxidation sites excluding steroid dienone is 1. The molecule has 0 spiro atoms. The first-order chi connectivity index (χ1) is 7.35. The molecule has 2 nitrogen and oxygen atoms in total. The Bertz CT molecular complexity index is 491. The molecule has 15 heavy (non-hydrogen) atoms. The molecular formula is C13H14NO+. The van der Waals surface area contributed by atoms with Gasteiger partial charge in [0.05, 0.1) is 12.5 Å². The summed E-state index contributed by atoms with van der Waals surface area (Å²) < 4.78 is 7.35. The number of methoxy groups -OCH3 is 1. The van der Waals surface area contributed by atoms with E-state index in [2.05, 4.69) is 29.5 Å². The van der Waals surface area contributed by atoms with Crippen molar-refractivity contribution in [3.8, 4) is 5.75 Å². The van der Waals surface area contributed by atoms with Gasteiger partial charge in [-0.15, -0.1) is 0 Å². The number of pyridine rings is 1. The van der Waals surface area contributed by atoms with Crippen molar-refractivity contribution in [3.63, 3.8) is 0 Å². The van der Waals surface area contributed by atoms with E-state index in [1.165, 1.54) is 10.9 Å². The van der Waals surface area contributed by atoms with E-state index in [-0.39, 0.29) is 0 Å². The van der Waals surface area contributed by atoms with E-state index in [9.17, 15) is 0 Å². The Morgan fingerprint density at radius 3 is 3.00 bits per heavy atom. The number of ether oxygens (including phenoxy) is 1. The number of benzene rings is 1. The van der Waals surface area contributed by atoms with Gasteiger partial charge in [-0.3, -0.25) is 0 Å². The van der Waals surface area contributed by atoms with Gasteiger partial charge < -0.3 is 4.74 Å². The Balaban J connectivity index is 2.61. The highest BCUT2D eigenvalue weighted by Crippen LogP contribution is 2.17. The van der Waals surface area contributed by atoms with Gasteiger partial charge in [-0.25, -0.2) is 0 Å². The minimum atomic E-state index is 0.823. The van der Waals surface area contributed by atoms with Gasteiger partial charge in [-0.1, -0.05) is 6.58 Å². The zero-order valence-corrected chi connectivity index (χ0v) is 8.81. The summed E-state index contributed by atoms with van der Waals surface area (Å²) in [6.07, 6.45) is 3.94. The monoisotopic (exact) mass is 200 g/mol. The minimum absolute atomic E-state index is 0.823. The second kappa shape index (κ2) is 4.13. The molecule has 0 bridgehead atoms. The summed E-state index contributed by atoms with van der Waals surface area (Å²) in [6.45, 7) is 4.57. The van der Waals surface area contributed by atoms with Gasteiger partial charge in [0.1, 0.15) is 5.75 Å². The van der Waals surface area contributed by atoms with Crippen molar-refractivity contribution in [3.05, 3.63) is 49.2 Å². The lowest BCUT2D eigenvalue weighted by molar-refractivity contribution is -0.660. The van der Waals surface area contributed by atoms with Crippen LogP contribution in [0, 0.1) is 0 Å². The molecule has 1 aromatic heterocycles. The first-order valence-corrected chi connectivity index (χ1v) is 4.92. The van der Waals surface area contributed by atoms with Gasteiger partial charge in [-0.2, -0.15) is 4.57 Å². The van der Waals surface area contributed by atoms with Crippen LogP contribution < -0.4 is 9.30 Å². The zero-order valence-electron chi connectivity index (χ0n) is 8.81. The third-order valence-electron chi connectivity index (χ3n) is 2.41. The van der Waals surface area contributed by atoms with Gasteiger partial charge >= 0.3 is 0 Å². The van der Waals surface area contributed by atoms with E-state index in [1.54, 1.807) is 7.11 Å². The number of hydrogen-bond acceptors (Lipinski definition) is 1. The lowest BCUT2D eigenvalue weighted by Gasteiger charge is -2.01. The molecule has 0 saturated carbocycles. The van der Waals surface area contributed by atoms with E-state index in [0.29, 0.717) is 0 Å². The lowest BCUT2D eigenvalue weighted by atomic mass is 10.2. The summed E-state index contributed by atoms with van der Waals surface area (Å²) in [7, 11) is 1.68. The fraction of sp³-hybridized carbons (Fsp3) is 0.154. The predicted octanol–water partition coefficient (Wildman–Crippen LogP) is 2.32. The average Bonchev–Trinajstić information content (AvgIpc) is 2.29. The van der Waals surface area contributed by atoms with Crippen molar-refractivity contribution in [2.24, 2.45) is 0 Å². The van der Waals surface area contributed by atoms with Crippen molar-refractivity contribution in [2.45, 2.75) is 6.54 Å². The van der Waals surface area contributed by atoms with Crippen LogP contribution in [-0.4, -0.2) is 7.11 Å². The maximum atomic E-state index is 5.19. The molecule has 2 rings (SSSR count). The van der Waals surface area contributed by atoms with E-state index >= 15 is 0 Å². The van der Waals surface area contributed by atoms with E-state index in [4.69, 9.17) is 4.74 Å². The third kappa shape index (κ3) is 1.84. The molecule has 2 heteroatoms. The van der Waals surface area contributed by atoms with Gasteiger partial charge in [0, 0.05) is 12.1 Å². The highest BCUT2D eigenvalue weighted by Gasteiger charge is 2.06. The van der Waals surface area contributed by atoms with Crippen LogP contribution in [0.25, 0.3) is 10.9 Å². The lowest BCUT2D eigenvalue weighted by Crippen LogP contribution is -2.32. The standard InChI is InChI=1S/C13H14NO/c1-3-8-14-9-4-5-11-10-12(15-2)6-7-13(11)14/h3-7,9-10H,1,8H2,2H3/q+1. The SMILES string of the molecule is C=CC[n+]1cccc2cc(OC)ccc21. The summed E-state index contributed by atoms with van der Waals surface area (Å²) in [5.41, 5.74) is 1.19.